The van der Waals surface area contributed by atoms with Gasteiger partial charge in [-0.3, -0.25) is 4.79 Å². The Morgan fingerprint density at radius 2 is 2.16 bits per heavy atom. The summed E-state index contributed by atoms with van der Waals surface area (Å²) < 4.78 is 18.1. The zero-order chi connectivity index (χ0) is 13.8. The van der Waals surface area contributed by atoms with Crippen LogP contribution < -0.4 is 0 Å². The number of methoxy groups -OCH3 is 1. The number of nitrogens with zero attached hydrogens (tertiary/aromatic N) is 2. The Labute approximate surface area is 114 Å². The van der Waals surface area contributed by atoms with E-state index in [0.717, 1.165) is 0 Å². The molecule has 0 unspecified atom stereocenters. The third-order valence-electron chi connectivity index (χ3n) is 2.49. The average molecular weight is 281 g/mol. The van der Waals surface area contributed by atoms with Crippen molar-refractivity contribution < 1.29 is 13.9 Å². The Bertz CT molecular complexity index is 619. The molecule has 0 fully saturated rings. The minimum absolute atomic E-state index is 0.0209. The van der Waals surface area contributed by atoms with Crippen molar-refractivity contribution in [2.24, 2.45) is 0 Å². The predicted octanol–water partition coefficient (Wildman–Crippen LogP) is 2.65. The van der Waals surface area contributed by atoms with E-state index in [-0.39, 0.29) is 23.0 Å². The van der Waals surface area contributed by atoms with E-state index in [9.17, 15) is 9.18 Å². The molecule has 19 heavy (non-hydrogen) atoms. The van der Waals surface area contributed by atoms with E-state index >= 15 is 0 Å². The van der Waals surface area contributed by atoms with Crippen LogP contribution in [0.15, 0.2) is 30.5 Å². The summed E-state index contributed by atoms with van der Waals surface area (Å²) in [4.78, 5) is 19.2. The number of hydrogen-bond donors (Lipinski definition) is 0. The number of hydrogen-bond acceptors (Lipinski definition) is 4. The SMILES string of the molecule is COC(=O)Cc1cnc(-c2ccccc2F)nc1Cl. The van der Waals surface area contributed by atoms with Crippen LogP contribution in [-0.4, -0.2) is 23.0 Å². The van der Waals surface area contributed by atoms with Gasteiger partial charge in [0, 0.05) is 11.8 Å². The lowest BCUT2D eigenvalue weighted by molar-refractivity contribution is -0.139. The van der Waals surface area contributed by atoms with E-state index in [1.54, 1.807) is 18.2 Å². The zero-order valence-electron chi connectivity index (χ0n) is 10.1. The summed E-state index contributed by atoms with van der Waals surface area (Å²) in [6.45, 7) is 0. The van der Waals surface area contributed by atoms with Crippen LogP contribution in [0.2, 0.25) is 5.15 Å². The third kappa shape index (κ3) is 3.06. The Morgan fingerprint density at radius 1 is 1.42 bits per heavy atom. The summed E-state index contributed by atoms with van der Waals surface area (Å²) in [5.74, 6) is -0.694. The average Bonchev–Trinajstić information content (AvgIpc) is 2.41. The van der Waals surface area contributed by atoms with Crippen molar-refractivity contribution in [3.8, 4) is 11.4 Å². The Balaban J connectivity index is 2.34. The molecule has 6 heteroatoms. The number of carbonyl (C=O) groups excluding carboxylic acids is 1. The third-order valence-corrected chi connectivity index (χ3v) is 2.82. The van der Waals surface area contributed by atoms with Gasteiger partial charge >= 0.3 is 5.97 Å². The largest absolute Gasteiger partial charge is 0.469 e. The van der Waals surface area contributed by atoms with Gasteiger partial charge in [0.15, 0.2) is 5.82 Å². The van der Waals surface area contributed by atoms with Crippen LogP contribution in [0.1, 0.15) is 5.56 Å². The number of ether oxygens (including phenoxy) is 1. The van der Waals surface area contributed by atoms with Crippen LogP contribution in [0.4, 0.5) is 4.39 Å². The molecule has 0 atom stereocenters. The highest BCUT2D eigenvalue weighted by molar-refractivity contribution is 6.30. The van der Waals surface area contributed by atoms with Crippen LogP contribution in [0.3, 0.4) is 0 Å². The Kier molecular flexibility index (Phi) is 4.06. The number of carbonyl (C=O) groups is 1. The highest BCUT2D eigenvalue weighted by atomic mass is 35.5. The molecule has 1 aromatic carbocycles. The van der Waals surface area contributed by atoms with Crippen molar-refractivity contribution in [2.45, 2.75) is 6.42 Å². The molecular weight excluding hydrogens is 271 g/mol. The topological polar surface area (TPSA) is 52.1 Å². The van der Waals surface area contributed by atoms with Gasteiger partial charge in [-0.05, 0) is 12.1 Å². The molecule has 1 aromatic heterocycles. The lowest BCUT2D eigenvalue weighted by atomic mass is 10.2. The van der Waals surface area contributed by atoms with Gasteiger partial charge in [0.1, 0.15) is 11.0 Å². The van der Waals surface area contributed by atoms with Gasteiger partial charge in [-0.15, -0.1) is 0 Å². The molecule has 0 amide bonds. The molecular formula is C13H10ClFN2O2. The second-order valence-corrected chi connectivity index (χ2v) is 4.10. The number of benzene rings is 1. The second kappa shape index (κ2) is 5.75. The maximum atomic E-state index is 13.6. The maximum absolute atomic E-state index is 13.6. The minimum atomic E-state index is -0.441. The molecule has 0 spiro atoms. The first kappa shape index (κ1) is 13.4. The molecule has 1 heterocycles. The lowest BCUT2D eigenvalue weighted by Crippen LogP contribution is -2.06. The van der Waals surface area contributed by atoms with E-state index in [1.807, 2.05) is 0 Å². The molecule has 0 N–H and O–H groups in total. The molecule has 0 aliphatic rings. The fourth-order valence-corrected chi connectivity index (χ4v) is 1.70. The van der Waals surface area contributed by atoms with Crippen LogP contribution in [0.25, 0.3) is 11.4 Å². The fourth-order valence-electron chi connectivity index (χ4n) is 1.50. The zero-order valence-corrected chi connectivity index (χ0v) is 10.8. The Morgan fingerprint density at radius 3 is 2.79 bits per heavy atom. The van der Waals surface area contributed by atoms with Crippen molar-refractivity contribution in [2.75, 3.05) is 7.11 Å². The highest BCUT2D eigenvalue weighted by Gasteiger charge is 2.12. The van der Waals surface area contributed by atoms with Crippen molar-refractivity contribution >= 4 is 17.6 Å². The lowest BCUT2D eigenvalue weighted by Gasteiger charge is -2.05. The molecule has 2 rings (SSSR count). The van der Waals surface area contributed by atoms with Crippen molar-refractivity contribution in [3.05, 3.63) is 47.0 Å². The first-order valence-electron chi connectivity index (χ1n) is 5.45. The molecule has 0 bridgehead atoms. The second-order valence-electron chi connectivity index (χ2n) is 3.74. The van der Waals surface area contributed by atoms with Gasteiger partial charge in [0.05, 0.1) is 19.1 Å². The molecule has 2 aromatic rings. The monoisotopic (exact) mass is 280 g/mol. The van der Waals surface area contributed by atoms with Gasteiger partial charge < -0.3 is 4.74 Å². The smallest absolute Gasteiger partial charge is 0.310 e. The quantitative estimate of drug-likeness (QED) is 0.641. The summed E-state index contributed by atoms with van der Waals surface area (Å²) >= 11 is 5.95. The maximum Gasteiger partial charge on any atom is 0.310 e. The standard InChI is InChI=1S/C13H10ClFN2O2/c1-19-11(18)6-8-7-16-13(17-12(8)14)9-4-2-3-5-10(9)15/h2-5,7H,6H2,1H3. The normalized spacial score (nSPS) is 10.3. The molecule has 4 nitrogen and oxygen atoms in total. The van der Waals surface area contributed by atoms with E-state index < -0.39 is 11.8 Å². The van der Waals surface area contributed by atoms with Crippen LogP contribution in [-0.2, 0) is 16.0 Å². The number of aromatic nitrogens is 2. The van der Waals surface area contributed by atoms with E-state index in [0.29, 0.717) is 5.56 Å². The van der Waals surface area contributed by atoms with E-state index in [1.165, 1.54) is 19.4 Å². The number of halogens is 2. The van der Waals surface area contributed by atoms with Gasteiger partial charge in [-0.1, -0.05) is 23.7 Å². The fraction of sp³-hybridized carbons (Fsp3) is 0.154. The van der Waals surface area contributed by atoms with Crippen molar-refractivity contribution in [3.63, 3.8) is 0 Å². The van der Waals surface area contributed by atoms with E-state index in [2.05, 4.69) is 14.7 Å². The summed E-state index contributed by atoms with van der Waals surface area (Å²) in [5.41, 5.74) is 0.697. The van der Waals surface area contributed by atoms with E-state index in [4.69, 9.17) is 11.6 Å². The van der Waals surface area contributed by atoms with Crippen molar-refractivity contribution in [1.82, 2.24) is 9.97 Å². The molecule has 0 saturated carbocycles. The van der Waals surface area contributed by atoms with Crippen LogP contribution in [0.5, 0.6) is 0 Å². The summed E-state index contributed by atoms with van der Waals surface area (Å²) in [7, 11) is 1.28. The molecule has 0 radical (unpaired) electrons. The Hall–Kier alpha value is -2.01. The molecule has 0 aliphatic carbocycles. The minimum Gasteiger partial charge on any atom is -0.469 e. The molecule has 98 valence electrons. The molecule has 0 aliphatic heterocycles. The van der Waals surface area contributed by atoms with Gasteiger partial charge in [-0.25, -0.2) is 14.4 Å². The summed E-state index contributed by atoms with van der Waals surface area (Å²) in [5, 5.41) is 0.110. The summed E-state index contributed by atoms with van der Waals surface area (Å²) in [6, 6.07) is 6.13. The summed E-state index contributed by atoms with van der Waals surface area (Å²) in [6.07, 6.45) is 1.38. The highest BCUT2D eigenvalue weighted by Crippen LogP contribution is 2.22. The number of rotatable bonds is 3. The molecule has 0 saturated heterocycles. The van der Waals surface area contributed by atoms with Gasteiger partial charge in [0.25, 0.3) is 0 Å². The van der Waals surface area contributed by atoms with Crippen LogP contribution in [0, 0.1) is 5.82 Å². The van der Waals surface area contributed by atoms with Gasteiger partial charge in [-0.2, -0.15) is 0 Å². The predicted molar refractivity (Wildman–Crippen MR) is 68.2 cm³/mol. The first-order valence-corrected chi connectivity index (χ1v) is 5.82. The first-order chi connectivity index (χ1) is 9.11. The van der Waals surface area contributed by atoms with Crippen molar-refractivity contribution in [1.29, 1.82) is 0 Å². The van der Waals surface area contributed by atoms with Crippen LogP contribution >= 0.6 is 11.6 Å². The number of esters is 1. The van der Waals surface area contributed by atoms with Gasteiger partial charge in [0.2, 0.25) is 0 Å².